The van der Waals surface area contributed by atoms with E-state index >= 15 is 0 Å². The van der Waals surface area contributed by atoms with Crippen molar-refractivity contribution in [1.82, 2.24) is 9.97 Å². The van der Waals surface area contributed by atoms with Gasteiger partial charge in [0.05, 0.1) is 5.69 Å². The number of carboxylic acid groups (broad SMARTS) is 1. The van der Waals surface area contributed by atoms with Crippen molar-refractivity contribution in [1.29, 1.82) is 0 Å². The second-order valence-corrected chi connectivity index (χ2v) is 6.19. The van der Waals surface area contributed by atoms with E-state index in [1.54, 1.807) is 35.9 Å². The molecule has 2 heterocycles. The first-order valence-corrected chi connectivity index (χ1v) is 8.03. The number of aliphatic carboxylic acids is 1. The maximum Gasteiger partial charge on any atom is 0.341 e. The van der Waals surface area contributed by atoms with Gasteiger partial charge >= 0.3 is 5.97 Å². The Balaban J connectivity index is 1.76. The lowest BCUT2D eigenvalue weighted by Crippen LogP contribution is -2.09. The van der Waals surface area contributed by atoms with Crippen LogP contribution < -0.4 is 10.1 Å². The molecule has 3 aromatic rings. The van der Waals surface area contributed by atoms with Crippen molar-refractivity contribution in [2.45, 2.75) is 6.92 Å². The second-order valence-electron chi connectivity index (χ2n) is 4.99. The summed E-state index contributed by atoms with van der Waals surface area (Å²) in [5, 5.41) is 12.7. The quantitative estimate of drug-likeness (QED) is 0.711. The number of carbonyl (C=O) groups is 1. The SMILES string of the molecule is Cc1sc(Nc2ccncc2)nc1-c1ccc(OCC(=O)O)cc1. The van der Waals surface area contributed by atoms with Gasteiger partial charge in [-0.2, -0.15) is 0 Å². The summed E-state index contributed by atoms with van der Waals surface area (Å²) < 4.78 is 5.14. The Morgan fingerprint density at radius 2 is 1.92 bits per heavy atom. The fourth-order valence-corrected chi connectivity index (χ4v) is 2.99. The van der Waals surface area contributed by atoms with Gasteiger partial charge in [-0.15, -0.1) is 11.3 Å². The van der Waals surface area contributed by atoms with Crippen molar-refractivity contribution in [2.24, 2.45) is 0 Å². The van der Waals surface area contributed by atoms with Crippen LogP contribution in [0.5, 0.6) is 5.75 Å². The zero-order chi connectivity index (χ0) is 16.9. The summed E-state index contributed by atoms with van der Waals surface area (Å²) in [6.45, 7) is 1.66. The van der Waals surface area contributed by atoms with E-state index in [2.05, 4.69) is 15.3 Å². The van der Waals surface area contributed by atoms with Gasteiger partial charge < -0.3 is 15.2 Å². The molecule has 6 nitrogen and oxygen atoms in total. The first-order valence-electron chi connectivity index (χ1n) is 7.21. The van der Waals surface area contributed by atoms with Crippen LogP contribution >= 0.6 is 11.3 Å². The van der Waals surface area contributed by atoms with Crippen molar-refractivity contribution in [3.63, 3.8) is 0 Å². The molecule has 0 fully saturated rings. The molecule has 0 atom stereocenters. The van der Waals surface area contributed by atoms with Gasteiger partial charge in [-0.25, -0.2) is 9.78 Å². The minimum absolute atomic E-state index is 0.352. The Bertz CT molecular complexity index is 832. The molecule has 7 heteroatoms. The number of pyridine rings is 1. The number of thiazole rings is 1. The number of nitrogens with zero attached hydrogens (tertiary/aromatic N) is 2. The standard InChI is InChI=1S/C17H15N3O3S/c1-11-16(12-2-4-14(5-3-12)23-10-15(21)22)20-17(24-11)19-13-6-8-18-9-7-13/h2-9H,10H2,1H3,(H,21,22)(H,18,19,20). The smallest absolute Gasteiger partial charge is 0.341 e. The van der Waals surface area contributed by atoms with Gasteiger partial charge in [-0.3, -0.25) is 4.98 Å². The predicted molar refractivity (Wildman–Crippen MR) is 92.9 cm³/mol. The third-order valence-electron chi connectivity index (χ3n) is 3.22. The summed E-state index contributed by atoms with van der Waals surface area (Å²) in [4.78, 5) is 20.2. The van der Waals surface area contributed by atoms with E-state index in [9.17, 15) is 4.79 Å². The Kier molecular flexibility index (Phi) is 4.72. The Morgan fingerprint density at radius 1 is 1.21 bits per heavy atom. The van der Waals surface area contributed by atoms with Gasteiger partial charge in [-0.1, -0.05) is 0 Å². The maximum absolute atomic E-state index is 10.5. The monoisotopic (exact) mass is 341 g/mol. The van der Waals surface area contributed by atoms with Crippen LogP contribution in [0.2, 0.25) is 0 Å². The minimum Gasteiger partial charge on any atom is -0.482 e. The zero-order valence-electron chi connectivity index (χ0n) is 12.9. The van der Waals surface area contributed by atoms with Crippen molar-refractivity contribution in [3.05, 3.63) is 53.7 Å². The second kappa shape index (κ2) is 7.10. The number of rotatable bonds is 6. The highest BCUT2D eigenvalue weighted by atomic mass is 32.1. The van der Waals surface area contributed by atoms with Crippen LogP contribution in [-0.2, 0) is 4.79 Å². The molecule has 2 N–H and O–H groups in total. The summed E-state index contributed by atoms with van der Waals surface area (Å²) >= 11 is 1.57. The first-order chi connectivity index (χ1) is 11.6. The largest absolute Gasteiger partial charge is 0.482 e. The number of carboxylic acids is 1. The minimum atomic E-state index is -0.999. The Hall–Kier alpha value is -2.93. The predicted octanol–water partition coefficient (Wildman–Crippen LogP) is 3.72. The van der Waals surface area contributed by atoms with Crippen LogP contribution in [0.4, 0.5) is 10.8 Å². The van der Waals surface area contributed by atoms with E-state index in [1.165, 1.54) is 0 Å². The molecule has 1 aromatic carbocycles. The molecule has 0 aliphatic carbocycles. The molecule has 0 radical (unpaired) electrons. The van der Waals surface area contributed by atoms with Gasteiger partial charge in [0.1, 0.15) is 5.75 Å². The summed E-state index contributed by atoms with van der Waals surface area (Å²) in [5.41, 5.74) is 2.78. The Morgan fingerprint density at radius 3 is 2.58 bits per heavy atom. The van der Waals surface area contributed by atoms with Gasteiger partial charge in [0.15, 0.2) is 11.7 Å². The topological polar surface area (TPSA) is 84.3 Å². The van der Waals surface area contributed by atoms with Crippen molar-refractivity contribution < 1.29 is 14.6 Å². The number of nitrogens with one attached hydrogen (secondary N) is 1. The van der Waals surface area contributed by atoms with Crippen LogP contribution in [0.25, 0.3) is 11.3 Å². The number of benzene rings is 1. The number of aromatic nitrogens is 2. The van der Waals surface area contributed by atoms with Crippen molar-refractivity contribution in [2.75, 3.05) is 11.9 Å². The van der Waals surface area contributed by atoms with Crippen LogP contribution in [0.1, 0.15) is 4.88 Å². The lowest BCUT2D eigenvalue weighted by molar-refractivity contribution is -0.139. The molecule has 0 bridgehead atoms. The third kappa shape index (κ3) is 3.88. The van der Waals surface area contributed by atoms with Gasteiger partial charge in [0, 0.05) is 28.5 Å². The summed E-state index contributed by atoms with van der Waals surface area (Å²) in [7, 11) is 0. The van der Waals surface area contributed by atoms with E-state index in [1.807, 2.05) is 31.2 Å². The summed E-state index contributed by atoms with van der Waals surface area (Å²) in [6.07, 6.45) is 3.44. The van der Waals surface area contributed by atoms with E-state index < -0.39 is 5.97 Å². The lowest BCUT2D eigenvalue weighted by atomic mass is 10.1. The lowest BCUT2D eigenvalue weighted by Gasteiger charge is -2.04. The molecule has 24 heavy (non-hydrogen) atoms. The molecule has 122 valence electrons. The average Bonchev–Trinajstić information content (AvgIpc) is 2.94. The first kappa shape index (κ1) is 15.9. The van der Waals surface area contributed by atoms with Gasteiger partial charge in [0.25, 0.3) is 0 Å². The Labute approximate surface area is 142 Å². The number of anilines is 2. The van der Waals surface area contributed by atoms with E-state index in [4.69, 9.17) is 9.84 Å². The number of ether oxygens (including phenoxy) is 1. The molecular formula is C17H15N3O3S. The summed E-state index contributed by atoms with van der Waals surface area (Å²) in [5.74, 6) is -0.481. The maximum atomic E-state index is 10.5. The van der Waals surface area contributed by atoms with Crippen molar-refractivity contribution in [3.8, 4) is 17.0 Å². The van der Waals surface area contributed by atoms with Gasteiger partial charge in [-0.05, 0) is 43.3 Å². The van der Waals surface area contributed by atoms with E-state index in [-0.39, 0.29) is 6.61 Å². The van der Waals surface area contributed by atoms with Crippen LogP contribution in [0, 0.1) is 6.92 Å². The molecule has 0 aliphatic rings. The van der Waals surface area contributed by atoms with Crippen molar-refractivity contribution >= 4 is 28.1 Å². The number of hydrogen-bond acceptors (Lipinski definition) is 6. The molecular weight excluding hydrogens is 326 g/mol. The van der Waals surface area contributed by atoms with Crippen LogP contribution in [0.15, 0.2) is 48.8 Å². The molecule has 0 amide bonds. The van der Waals surface area contributed by atoms with Crippen LogP contribution in [-0.4, -0.2) is 27.7 Å². The normalized spacial score (nSPS) is 10.4. The fraction of sp³-hybridized carbons (Fsp3) is 0.118. The van der Waals surface area contributed by atoms with Gasteiger partial charge in [0.2, 0.25) is 0 Å². The molecule has 0 aliphatic heterocycles. The zero-order valence-corrected chi connectivity index (χ0v) is 13.7. The molecule has 0 saturated heterocycles. The van der Waals surface area contributed by atoms with E-state index in [0.29, 0.717) is 5.75 Å². The average molecular weight is 341 g/mol. The highest BCUT2D eigenvalue weighted by Crippen LogP contribution is 2.32. The molecule has 2 aromatic heterocycles. The molecule has 3 rings (SSSR count). The fourth-order valence-electron chi connectivity index (χ4n) is 2.13. The molecule has 0 unspecified atom stereocenters. The highest BCUT2D eigenvalue weighted by Gasteiger charge is 2.10. The van der Waals surface area contributed by atoms with E-state index in [0.717, 1.165) is 27.0 Å². The summed E-state index contributed by atoms with van der Waals surface area (Å²) in [6, 6.07) is 11.0. The molecule has 0 spiro atoms. The number of hydrogen-bond donors (Lipinski definition) is 2. The highest BCUT2D eigenvalue weighted by molar-refractivity contribution is 7.16. The third-order valence-corrected chi connectivity index (χ3v) is 4.10. The number of aryl methyl sites for hydroxylation is 1. The molecule has 0 saturated carbocycles. The van der Waals surface area contributed by atoms with Crippen LogP contribution in [0.3, 0.4) is 0 Å².